The second-order valence-corrected chi connectivity index (χ2v) is 5.34. The van der Waals surface area contributed by atoms with Crippen molar-refractivity contribution in [2.24, 2.45) is 11.7 Å². The maximum absolute atomic E-state index is 7.53. The van der Waals surface area contributed by atoms with Crippen molar-refractivity contribution in [3.63, 3.8) is 0 Å². The van der Waals surface area contributed by atoms with Crippen molar-refractivity contribution in [2.75, 3.05) is 19.8 Å². The van der Waals surface area contributed by atoms with Crippen LogP contribution in [0.25, 0.3) is 0 Å². The van der Waals surface area contributed by atoms with Crippen LogP contribution in [0.5, 0.6) is 5.75 Å². The van der Waals surface area contributed by atoms with Crippen molar-refractivity contribution in [2.45, 2.75) is 12.8 Å². The van der Waals surface area contributed by atoms with E-state index in [0.717, 1.165) is 30.5 Å². The Kier molecular flexibility index (Phi) is 4.60. The number of amidine groups is 1. The van der Waals surface area contributed by atoms with Gasteiger partial charge in [0.1, 0.15) is 11.6 Å². The van der Waals surface area contributed by atoms with E-state index in [0.29, 0.717) is 23.8 Å². The van der Waals surface area contributed by atoms with Crippen molar-refractivity contribution in [1.82, 2.24) is 0 Å². The number of benzene rings is 1. The number of hydrogen-bond acceptors (Lipinski definition) is 3. The van der Waals surface area contributed by atoms with E-state index >= 15 is 0 Å². The van der Waals surface area contributed by atoms with Gasteiger partial charge in [0.25, 0.3) is 0 Å². The fourth-order valence-electron chi connectivity index (χ4n) is 1.96. The first-order valence-corrected chi connectivity index (χ1v) is 6.80. The van der Waals surface area contributed by atoms with Crippen LogP contribution in [-0.2, 0) is 4.74 Å². The number of halogens is 1. The van der Waals surface area contributed by atoms with Crippen LogP contribution in [0.2, 0.25) is 0 Å². The van der Waals surface area contributed by atoms with Crippen LogP contribution in [0, 0.1) is 11.3 Å². The third-order valence-corrected chi connectivity index (χ3v) is 3.54. The molecular weight excluding hydrogens is 296 g/mol. The van der Waals surface area contributed by atoms with E-state index in [2.05, 4.69) is 15.9 Å². The highest BCUT2D eigenvalue weighted by Gasteiger charge is 2.16. The molecule has 1 aliphatic rings. The molecule has 18 heavy (non-hydrogen) atoms. The van der Waals surface area contributed by atoms with Crippen molar-refractivity contribution in [1.29, 1.82) is 5.41 Å². The summed E-state index contributed by atoms with van der Waals surface area (Å²) in [4.78, 5) is 0. The lowest BCUT2D eigenvalue weighted by Crippen LogP contribution is -2.22. The summed E-state index contributed by atoms with van der Waals surface area (Å²) in [5, 5.41) is 7.53. The van der Waals surface area contributed by atoms with Gasteiger partial charge in [-0.15, -0.1) is 0 Å². The Bertz CT molecular complexity index is 431. The van der Waals surface area contributed by atoms with Gasteiger partial charge in [-0.2, -0.15) is 0 Å². The lowest BCUT2D eigenvalue weighted by Gasteiger charge is -2.22. The van der Waals surface area contributed by atoms with Crippen LogP contribution in [0.1, 0.15) is 18.4 Å². The van der Waals surface area contributed by atoms with Crippen molar-refractivity contribution in [3.05, 3.63) is 28.2 Å². The zero-order valence-electron chi connectivity index (χ0n) is 10.1. The Labute approximate surface area is 115 Å². The first-order valence-electron chi connectivity index (χ1n) is 6.01. The molecule has 1 heterocycles. The molecule has 0 atom stereocenters. The molecule has 1 fully saturated rings. The molecule has 1 saturated heterocycles. The van der Waals surface area contributed by atoms with E-state index in [1.165, 1.54) is 0 Å². The van der Waals surface area contributed by atoms with Crippen LogP contribution in [-0.4, -0.2) is 25.7 Å². The molecule has 1 aliphatic heterocycles. The van der Waals surface area contributed by atoms with Gasteiger partial charge in [-0.05, 0) is 37.0 Å². The van der Waals surface area contributed by atoms with Crippen molar-refractivity contribution in [3.8, 4) is 5.75 Å². The quantitative estimate of drug-likeness (QED) is 0.663. The Morgan fingerprint density at radius 2 is 2.17 bits per heavy atom. The summed E-state index contributed by atoms with van der Waals surface area (Å²) < 4.78 is 12.1. The second-order valence-electron chi connectivity index (χ2n) is 4.42. The van der Waals surface area contributed by atoms with Crippen LogP contribution < -0.4 is 10.5 Å². The molecule has 0 aliphatic carbocycles. The molecule has 98 valence electrons. The summed E-state index contributed by atoms with van der Waals surface area (Å²) in [6.07, 6.45) is 2.06. The molecule has 0 unspecified atom stereocenters. The highest BCUT2D eigenvalue weighted by molar-refractivity contribution is 9.10. The summed E-state index contributed by atoms with van der Waals surface area (Å²) in [7, 11) is 0. The molecule has 0 radical (unpaired) electrons. The summed E-state index contributed by atoms with van der Waals surface area (Å²) in [5.74, 6) is 1.23. The van der Waals surface area contributed by atoms with Gasteiger partial charge in [-0.25, -0.2) is 0 Å². The monoisotopic (exact) mass is 312 g/mol. The average Bonchev–Trinajstić information content (AvgIpc) is 2.37. The molecule has 0 saturated carbocycles. The van der Waals surface area contributed by atoms with Gasteiger partial charge >= 0.3 is 0 Å². The van der Waals surface area contributed by atoms with Crippen molar-refractivity contribution >= 4 is 21.8 Å². The summed E-state index contributed by atoms with van der Waals surface area (Å²) >= 11 is 3.40. The molecule has 0 aromatic heterocycles. The van der Waals surface area contributed by atoms with Gasteiger partial charge in [-0.1, -0.05) is 15.9 Å². The molecule has 0 amide bonds. The number of nitrogens with one attached hydrogen (secondary N) is 1. The molecule has 5 heteroatoms. The van der Waals surface area contributed by atoms with Crippen LogP contribution >= 0.6 is 15.9 Å². The highest BCUT2D eigenvalue weighted by Crippen LogP contribution is 2.25. The first kappa shape index (κ1) is 13.4. The fourth-order valence-corrected chi connectivity index (χ4v) is 2.30. The number of rotatable bonds is 4. The minimum absolute atomic E-state index is 0.0319. The largest absolute Gasteiger partial charge is 0.492 e. The number of nitrogens with two attached hydrogens (primary N) is 1. The van der Waals surface area contributed by atoms with Crippen LogP contribution in [0.4, 0.5) is 0 Å². The number of nitrogen functional groups attached to an aromatic ring is 1. The summed E-state index contributed by atoms with van der Waals surface area (Å²) in [6, 6.07) is 5.51. The zero-order chi connectivity index (χ0) is 13.0. The normalized spacial score (nSPS) is 16.5. The molecular formula is C13H17BrN2O2. The second kappa shape index (κ2) is 6.20. The molecule has 4 nitrogen and oxygen atoms in total. The van der Waals surface area contributed by atoms with E-state index in [9.17, 15) is 0 Å². The predicted molar refractivity (Wildman–Crippen MR) is 74.2 cm³/mol. The molecule has 2 rings (SSSR count). The Balaban J connectivity index is 2.03. The molecule has 0 bridgehead atoms. The SMILES string of the molecule is N=C(N)c1ccc(Br)cc1OCC1CCOCC1. The predicted octanol–water partition coefficient (Wildman–Crippen LogP) is 2.54. The maximum atomic E-state index is 7.53. The van der Waals surface area contributed by atoms with Gasteiger partial charge in [0.15, 0.2) is 0 Å². The van der Waals surface area contributed by atoms with Gasteiger partial charge in [-0.3, -0.25) is 5.41 Å². The van der Waals surface area contributed by atoms with E-state index in [4.69, 9.17) is 20.6 Å². The summed E-state index contributed by atoms with van der Waals surface area (Å²) in [6.45, 7) is 2.28. The van der Waals surface area contributed by atoms with E-state index in [1.54, 1.807) is 6.07 Å². The van der Waals surface area contributed by atoms with E-state index in [1.807, 2.05) is 12.1 Å². The maximum Gasteiger partial charge on any atom is 0.131 e. The lowest BCUT2D eigenvalue weighted by molar-refractivity contribution is 0.0497. The number of hydrogen-bond donors (Lipinski definition) is 2. The van der Waals surface area contributed by atoms with E-state index < -0.39 is 0 Å². The molecule has 1 aromatic carbocycles. The third kappa shape index (κ3) is 3.46. The van der Waals surface area contributed by atoms with E-state index in [-0.39, 0.29) is 5.84 Å². The van der Waals surface area contributed by atoms with Crippen molar-refractivity contribution < 1.29 is 9.47 Å². The Hall–Kier alpha value is -1.07. The lowest BCUT2D eigenvalue weighted by atomic mass is 10.0. The highest BCUT2D eigenvalue weighted by atomic mass is 79.9. The summed E-state index contributed by atoms with van der Waals surface area (Å²) in [5.41, 5.74) is 6.19. The third-order valence-electron chi connectivity index (χ3n) is 3.05. The zero-order valence-corrected chi connectivity index (χ0v) is 11.7. The van der Waals surface area contributed by atoms with Crippen LogP contribution in [0.3, 0.4) is 0 Å². The standard InChI is InChI=1S/C13H17BrN2O2/c14-10-1-2-11(13(15)16)12(7-10)18-8-9-3-5-17-6-4-9/h1-2,7,9H,3-6,8H2,(H3,15,16). The minimum Gasteiger partial charge on any atom is -0.492 e. The molecule has 0 spiro atoms. The fraction of sp³-hybridized carbons (Fsp3) is 0.462. The number of ether oxygens (including phenoxy) is 2. The van der Waals surface area contributed by atoms with Gasteiger partial charge in [0, 0.05) is 17.7 Å². The van der Waals surface area contributed by atoms with Crippen LogP contribution in [0.15, 0.2) is 22.7 Å². The topological polar surface area (TPSA) is 68.3 Å². The van der Waals surface area contributed by atoms with Gasteiger partial charge in [0.2, 0.25) is 0 Å². The molecule has 1 aromatic rings. The van der Waals surface area contributed by atoms with Gasteiger partial charge in [0.05, 0.1) is 12.2 Å². The molecule has 3 N–H and O–H groups in total. The first-order chi connectivity index (χ1) is 8.66. The van der Waals surface area contributed by atoms with Gasteiger partial charge < -0.3 is 15.2 Å². The smallest absolute Gasteiger partial charge is 0.131 e. The Morgan fingerprint density at radius 1 is 1.44 bits per heavy atom. The Morgan fingerprint density at radius 3 is 2.83 bits per heavy atom. The minimum atomic E-state index is 0.0319. The average molecular weight is 313 g/mol.